The Morgan fingerprint density at radius 3 is 2.31 bits per heavy atom. The second-order valence-corrected chi connectivity index (χ2v) is 3.91. The highest BCUT2D eigenvalue weighted by Crippen LogP contribution is 2.12. The fourth-order valence-electron chi connectivity index (χ4n) is 0.931. The summed E-state index contributed by atoms with van der Waals surface area (Å²) < 4.78 is 0. The zero-order valence-corrected chi connectivity index (χ0v) is 8.55. The van der Waals surface area contributed by atoms with E-state index in [-0.39, 0.29) is 5.54 Å². The number of nitrogens with zero attached hydrogens (tertiary/aromatic N) is 2. The predicted molar refractivity (Wildman–Crippen MR) is 55.0 cm³/mol. The minimum atomic E-state index is 0.0149. The van der Waals surface area contributed by atoms with Crippen molar-refractivity contribution in [2.75, 3.05) is 17.7 Å². The van der Waals surface area contributed by atoms with E-state index in [1.807, 2.05) is 7.05 Å². The van der Waals surface area contributed by atoms with Crippen molar-refractivity contribution in [1.29, 1.82) is 0 Å². The zero-order chi connectivity index (χ0) is 9.90. The van der Waals surface area contributed by atoms with E-state index in [4.69, 9.17) is 0 Å². The molecule has 0 aliphatic heterocycles. The van der Waals surface area contributed by atoms with Crippen LogP contribution in [0.4, 0.5) is 11.6 Å². The summed E-state index contributed by atoms with van der Waals surface area (Å²) in [7, 11) is 1.82. The zero-order valence-electron chi connectivity index (χ0n) is 8.55. The summed E-state index contributed by atoms with van der Waals surface area (Å²) in [6, 6.07) is 0. The van der Waals surface area contributed by atoms with Crippen LogP contribution in [0.15, 0.2) is 12.4 Å². The summed E-state index contributed by atoms with van der Waals surface area (Å²) in [5.41, 5.74) is 0.0149. The van der Waals surface area contributed by atoms with Gasteiger partial charge in [0, 0.05) is 12.6 Å². The number of hydrogen-bond acceptors (Lipinski definition) is 4. The van der Waals surface area contributed by atoms with Crippen molar-refractivity contribution in [3.05, 3.63) is 12.4 Å². The topological polar surface area (TPSA) is 49.8 Å². The molecule has 0 aliphatic rings. The normalized spacial score (nSPS) is 11.1. The number of aromatic nitrogens is 2. The molecule has 4 heteroatoms. The molecule has 0 aromatic carbocycles. The summed E-state index contributed by atoms with van der Waals surface area (Å²) in [5, 5.41) is 6.18. The molecule has 0 atom stereocenters. The molecule has 4 nitrogen and oxygen atoms in total. The highest BCUT2D eigenvalue weighted by atomic mass is 15.1. The molecule has 0 unspecified atom stereocenters. The molecule has 0 saturated heterocycles. The third-order valence-electron chi connectivity index (χ3n) is 1.39. The molecular formula is C9H16N4. The first-order valence-corrected chi connectivity index (χ1v) is 4.29. The van der Waals surface area contributed by atoms with Crippen LogP contribution in [-0.4, -0.2) is 22.6 Å². The van der Waals surface area contributed by atoms with E-state index >= 15 is 0 Å². The predicted octanol–water partition coefficient (Wildman–Crippen LogP) is 1.73. The third-order valence-corrected chi connectivity index (χ3v) is 1.39. The van der Waals surface area contributed by atoms with Crippen molar-refractivity contribution in [3.63, 3.8) is 0 Å². The molecule has 0 bridgehead atoms. The van der Waals surface area contributed by atoms with Gasteiger partial charge in [0.05, 0.1) is 12.4 Å². The van der Waals surface area contributed by atoms with Gasteiger partial charge in [-0.1, -0.05) is 0 Å². The Bertz CT molecular complexity index is 277. The van der Waals surface area contributed by atoms with Gasteiger partial charge in [-0.05, 0) is 20.8 Å². The molecule has 0 amide bonds. The maximum Gasteiger partial charge on any atom is 0.147 e. The number of rotatable bonds is 2. The molecule has 0 aliphatic carbocycles. The van der Waals surface area contributed by atoms with Gasteiger partial charge in [0.25, 0.3) is 0 Å². The van der Waals surface area contributed by atoms with Gasteiger partial charge in [-0.2, -0.15) is 0 Å². The first kappa shape index (κ1) is 9.77. The van der Waals surface area contributed by atoms with Crippen LogP contribution in [0.1, 0.15) is 20.8 Å². The summed E-state index contributed by atoms with van der Waals surface area (Å²) >= 11 is 0. The number of anilines is 2. The van der Waals surface area contributed by atoms with E-state index in [1.54, 1.807) is 12.4 Å². The molecule has 2 N–H and O–H groups in total. The van der Waals surface area contributed by atoms with Crippen LogP contribution < -0.4 is 10.6 Å². The molecule has 0 spiro atoms. The van der Waals surface area contributed by atoms with Gasteiger partial charge in [0.2, 0.25) is 0 Å². The van der Waals surface area contributed by atoms with E-state index in [9.17, 15) is 0 Å². The van der Waals surface area contributed by atoms with Crippen LogP contribution in [0.3, 0.4) is 0 Å². The SMILES string of the molecule is CNc1cncc(NC(C)(C)C)n1. The lowest BCUT2D eigenvalue weighted by Crippen LogP contribution is -2.26. The van der Waals surface area contributed by atoms with Crippen molar-refractivity contribution < 1.29 is 0 Å². The van der Waals surface area contributed by atoms with E-state index in [1.165, 1.54) is 0 Å². The molecule has 1 aromatic heterocycles. The van der Waals surface area contributed by atoms with Crippen LogP contribution >= 0.6 is 0 Å². The smallest absolute Gasteiger partial charge is 0.147 e. The lowest BCUT2D eigenvalue weighted by atomic mass is 10.1. The Morgan fingerprint density at radius 2 is 1.77 bits per heavy atom. The van der Waals surface area contributed by atoms with Gasteiger partial charge in [-0.3, -0.25) is 4.98 Å². The molecule has 13 heavy (non-hydrogen) atoms. The van der Waals surface area contributed by atoms with Crippen molar-refractivity contribution >= 4 is 11.6 Å². The molecule has 72 valence electrons. The van der Waals surface area contributed by atoms with E-state index in [0.29, 0.717) is 0 Å². The fraction of sp³-hybridized carbons (Fsp3) is 0.556. The molecule has 0 saturated carbocycles. The Labute approximate surface area is 78.8 Å². The van der Waals surface area contributed by atoms with Crippen molar-refractivity contribution in [2.45, 2.75) is 26.3 Å². The van der Waals surface area contributed by atoms with E-state index in [0.717, 1.165) is 11.6 Å². The minimum Gasteiger partial charge on any atom is -0.372 e. The van der Waals surface area contributed by atoms with Gasteiger partial charge in [0.1, 0.15) is 11.6 Å². The maximum atomic E-state index is 4.29. The van der Waals surface area contributed by atoms with Crippen molar-refractivity contribution in [3.8, 4) is 0 Å². The molecule has 1 heterocycles. The molecule has 1 rings (SSSR count). The standard InChI is InChI=1S/C9H16N4/c1-9(2,3)13-8-6-11-5-7(10-4)12-8/h5-6H,1-4H3,(H2,10,12,13). The second kappa shape index (κ2) is 3.60. The van der Waals surface area contributed by atoms with Crippen molar-refractivity contribution in [1.82, 2.24) is 9.97 Å². The second-order valence-electron chi connectivity index (χ2n) is 3.91. The van der Waals surface area contributed by atoms with Gasteiger partial charge in [-0.25, -0.2) is 4.98 Å². The van der Waals surface area contributed by atoms with Gasteiger partial charge < -0.3 is 10.6 Å². The Hall–Kier alpha value is -1.32. The number of nitrogens with one attached hydrogen (secondary N) is 2. The van der Waals surface area contributed by atoms with Gasteiger partial charge in [-0.15, -0.1) is 0 Å². The quantitative estimate of drug-likeness (QED) is 0.727. The van der Waals surface area contributed by atoms with E-state index < -0.39 is 0 Å². The van der Waals surface area contributed by atoms with Crippen LogP contribution in [0.2, 0.25) is 0 Å². The summed E-state index contributed by atoms with van der Waals surface area (Å²) in [6.45, 7) is 6.25. The Morgan fingerprint density at radius 1 is 1.15 bits per heavy atom. The first-order chi connectivity index (χ1) is 6.01. The highest BCUT2D eigenvalue weighted by Gasteiger charge is 2.10. The fourth-order valence-corrected chi connectivity index (χ4v) is 0.931. The summed E-state index contributed by atoms with van der Waals surface area (Å²) in [4.78, 5) is 8.34. The number of hydrogen-bond donors (Lipinski definition) is 2. The first-order valence-electron chi connectivity index (χ1n) is 4.29. The Balaban J connectivity index is 2.78. The summed E-state index contributed by atoms with van der Waals surface area (Å²) in [6.07, 6.45) is 3.40. The molecule has 0 fully saturated rings. The van der Waals surface area contributed by atoms with Gasteiger partial charge >= 0.3 is 0 Å². The molecular weight excluding hydrogens is 164 g/mol. The third kappa shape index (κ3) is 3.27. The maximum absolute atomic E-state index is 4.29. The minimum absolute atomic E-state index is 0.0149. The van der Waals surface area contributed by atoms with Gasteiger partial charge in [0.15, 0.2) is 0 Å². The van der Waals surface area contributed by atoms with Crippen LogP contribution in [-0.2, 0) is 0 Å². The van der Waals surface area contributed by atoms with Crippen molar-refractivity contribution in [2.24, 2.45) is 0 Å². The molecule has 0 radical (unpaired) electrons. The lowest BCUT2D eigenvalue weighted by molar-refractivity contribution is 0.630. The average molecular weight is 180 g/mol. The van der Waals surface area contributed by atoms with E-state index in [2.05, 4.69) is 41.4 Å². The molecule has 1 aromatic rings. The monoisotopic (exact) mass is 180 g/mol. The van der Waals surface area contributed by atoms with Crippen LogP contribution in [0.25, 0.3) is 0 Å². The van der Waals surface area contributed by atoms with Crippen LogP contribution in [0, 0.1) is 0 Å². The Kier molecular flexibility index (Phi) is 2.70. The van der Waals surface area contributed by atoms with Crippen LogP contribution in [0.5, 0.6) is 0 Å². The lowest BCUT2D eigenvalue weighted by Gasteiger charge is -2.21. The summed E-state index contributed by atoms with van der Waals surface area (Å²) in [5.74, 6) is 1.56. The average Bonchev–Trinajstić information content (AvgIpc) is 2.01. The largest absolute Gasteiger partial charge is 0.372 e. The highest BCUT2D eigenvalue weighted by molar-refractivity contribution is 5.42.